The highest BCUT2D eigenvalue weighted by molar-refractivity contribution is 9.10. The van der Waals surface area contributed by atoms with E-state index in [0.717, 1.165) is 21.3 Å². The number of hydrogen-bond acceptors (Lipinski definition) is 3. The van der Waals surface area contributed by atoms with Gasteiger partial charge in [-0.05, 0) is 58.6 Å². The molecule has 0 saturated heterocycles. The summed E-state index contributed by atoms with van der Waals surface area (Å²) in [7, 11) is 0. The van der Waals surface area contributed by atoms with E-state index in [-0.39, 0.29) is 6.61 Å². The van der Waals surface area contributed by atoms with Crippen molar-refractivity contribution < 1.29 is 14.9 Å². The summed E-state index contributed by atoms with van der Waals surface area (Å²) in [6, 6.07) is 13.1. The molecular weight excluding hydrogens is 320 g/mol. The van der Waals surface area contributed by atoms with E-state index in [1.165, 1.54) is 0 Å². The van der Waals surface area contributed by atoms with Gasteiger partial charge in [0.2, 0.25) is 0 Å². The highest BCUT2D eigenvalue weighted by Gasteiger charge is 2.09. The van der Waals surface area contributed by atoms with Crippen molar-refractivity contribution in [3.8, 4) is 11.5 Å². The molecule has 0 aliphatic heterocycles. The Morgan fingerprint density at radius 3 is 2.55 bits per heavy atom. The van der Waals surface area contributed by atoms with Gasteiger partial charge < -0.3 is 14.9 Å². The maximum absolute atomic E-state index is 9.55. The van der Waals surface area contributed by atoms with E-state index in [2.05, 4.69) is 15.9 Å². The average molecular weight is 337 g/mol. The van der Waals surface area contributed by atoms with Crippen molar-refractivity contribution in [1.29, 1.82) is 0 Å². The summed E-state index contributed by atoms with van der Waals surface area (Å²) in [5, 5.41) is 18.6. The van der Waals surface area contributed by atoms with E-state index in [4.69, 9.17) is 9.84 Å². The molecule has 0 amide bonds. The van der Waals surface area contributed by atoms with E-state index in [1.54, 1.807) is 6.92 Å². The van der Waals surface area contributed by atoms with E-state index in [0.29, 0.717) is 12.2 Å². The number of halogens is 1. The number of aliphatic hydroxyl groups excluding tert-OH is 2. The van der Waals surface area contributed by atoms with E-state index in [9.17, 15) is 5.11 Å². The molecule has 0 heterocycles. The van der Waals surface area contributed by atoms with Crippen molar-refractivity contribution in [2.45, 2.75) is 19.4 Å². The van der Waals surface area contributed by atoms with Crippen LogP contribution in [0.1, 0.15) is 24.2 Å². The molecule has 0 saturated carbocycles. The van der Waals surface area contributed by atoms with Gasteiger partial charge in [0.1, 0.15) is 11.5 Å². The van der Waals surface area contributed by atoms with Crippen molar-refractivity contribution in [3.05, 3.63) is 58.1 Å². The molecule has 0 fully saturated rings. The highest BCUT2D eigenvalue weighted by atomic mass is 79.9. The Hall–Kier alpha value is -1.36. The SMILES string of the molecule is CC(O)c1ccc(Oc2ccccc2CCO)c(Br)c1. The molecule has 2 N–H and O–H groups in total. The zero-order valence-corrected chi connectivity index (χ0v) is 12.8. The van der Waals surface area contributed by atoms with Crippen LogP contribution < -0.4 is 4.74 Å². The van der Waals surface area contributed by atoms with Crippen molar-refractivity contribution in [1.82, 2.24) is 0 Å². The lowest BCUT2D eigenvalue weighted by molar-refractivity contribution is 0.199. The first-order chi connectivity index (χ1) is 9.61. The third-order valence-corrected chi connectivity index (χ3v) is 3.63. The fourth-order valence-corrected chi connectivity index (χ4v) is 2.39. The summed E-state index contributed by atoms with van der Waals surface area (Å²) in [4.78, 5) is 0. The van der Waals surface area contributed by atoms with Gasteiger partial charge >= 0.3 is 0 Å². The van der Waals surface area contributed by atoms with Gasteiger partial charge in [-0.25, -0.2) is 0 Å². The molecule has 0 spiro atoms. The molecule has 0 aliphatic rings. The van der Waals surface area contributed by atoms with Crippen LogP contribution in [-0.2, 0) is 6.42 Å². The van der Waals surface area contributed by atoms with Crippen molar-refractivity contribution in [3.63, 3.8) is 0 Å². The lowest BCUT2D eigenvalue weighted by atomic mass is 10.1. The van der Waals surface area contributed by atoms with Crippen molar-refractivity contribution >= 4 is 15.9 Å². The molecule has 1 unspecified atom stereocenters. The van der Waals surface area contributed by atoms with Gasteiger partial charge in [0.15, 0.2) is 0 Å². The maximum Gasteiger partial charge on any atom is 0.141 e. The van der Waals surface area contributed by atoms with Crippen LogP contribution in [0.3, 0.4) is 0 Å². The average Bonchev–Trinajstić information content (AvgIpc) is 2.43. The lowest BCUT2D eigenvalue weighted by Gasteiger charge is -2.13. The van der Waals surface area contributed by atoms with Crippen molar-refractivity contribution in [2.24, 2.45) is 0 Å². The third-order valence-electron chi connectivity index (χ3n) is 3.01. The van der Waals surface area contributed by atoms with Gasteiger partial charge in [-0.3, -0.25) is 0 Å². The fraction of sp³-hybridized carbons (Fsp3) is 0.250. The van der Waals surface area contributed by atoms with Gasteiger partial charge in [-0.15, -0.1) is 0 Å². The van der Waals surface area contributed by atoms with Gasteiger partial charge in [-0.2, -0.15) is 0 Å². The van der Waals surface area contributed by atoms with E-state index >= 15 is 0 Å². The smallest absolute Gasteiger partial charge is 0.141 e. The minimum absolute atomic E-state index is 0.0858. The first kappa shape index (κ1) is 15.0. The molecule has 1 atom stereocenters. The van der Waals surface area contributed by atoms with Crippen LogP contribution in [0.25, 0.3) is 0 Å². The van der Waals surface area contributed by atoms with Gasteiger partial charge in [0, 0.05) is 6.61 Å². The zero-order chi connectivity index (χ0) is 14.5. The summed E-state index contributed by atoms with van der Waals surface area (Å²) in [6.45, 7) is 1.81. The summed E-state index contributed by atoms with van der Waals surface area (Å²) >= 11 is 3.45. The molecule has 2 aromatic rings. The molecule has 0 aromatic heterocycles. The molecule has 20 heavy (non-hydrogen) atoms. The number of benzene rings is 2. The quantitative estimate of drug-likeness (QED) is 0.872. The Morgan fingerprint density at radius 1 is 1.15 bits per heavy atom. The Bertz CT molecular complexity index is 582. The molecule has 2 rings (SSSR count). The second-order valence-corrected chi connectivity index (χ2v) is 5.40. The minimum atomic E-state index is -0.512. The molecule has 0 bridgehead atoms. The number of hydrogen-bond donors (Lipinski definition) is 2. The fourth-order valence-electron chi connectivity index (χ4n) is 1.91. The van der Waals surface area contributed by atoms with Gasteiger partial charge in [0.25, 0.3) is 0 Å². The number of para-hydroxylation sites is 1. The van der Waals surface area contributed by atoms with Crippen LogP contribution in [0.5, 0.6) is 11.5 Å². The van der Waals surface area contributed by atoms with Crippen LogP contribution in [0, 0.1) is 0 Å². The Balaban J connectivity index is 2.26. The molecule has 0 aliphatic carbocycles. The van der Waals surface area contributed by atoms with Gasteiger partial charge in [0.05, 0.1) is 10.6 Å². The molecule has 4 heteroatoms. The Labute approximate surface area is 127 Å². The predicted octanol–water partition coefficient (Wildman–Crippen LogP) is 3.83. The highest BCUT2D eigenvalue weighted by Crippen LogP contribution is 2.33. The molecule has 3 nitrogen and oxygen atoms in total. The molecule has 0 radical (unpaired) electrons. The number of aliphatic hydroxyl groups is 2. The van der Waals surface area contributed by atoms with Crippen LogP contribution in [0.2, 0.25) is 0 Å². The second-order valence-electron chi connectivity index (χ2n) is 4.55. The normalized spacial score (nSPS) is 12.2. The summed E-state index contributed by atoms with van der Waals surface area (Å²) in [5.74, 6) is 1.41. The first-order valence-corrected chi connectivity index (χ1v) is 7.25. The van der Waals surface area contributed by atoms with Crippen LogP contribution in [-0.4, -0.2) is 16.8 Å². The topological polar surface area (TPSA) is 49.7 Å². The summed E-state index contributed by atoms with van der Waals surface area (Å²) < 4.78 is 6.67. The second kappa shape index (κ2) is 6.88. The van der Waals surface area contributed by atoms with Crippen LogP contribution >= 0.6 is 15.9 Å². The van der Waals surface area contributed by atoms with Crippen molar-refractivity contribution in [2.75, 3.05) is 6.61 Å². The largest absolute Gasteiger partial charge is 0.456 e. The standard InChI is InChI=1S/C16H17BrO3/c1-11(19)13-6-7-16(14(17)10-13)20-15-5-3-2-4-12(15)8-9-18/h2-7,10-11,18-19H,8-9H2,1H3. The van der Waals surface area contributed by atoms with E-state index in [1.807, 2.05) is 42.5 Å². The predicted molar refractivity (Wildman–Crippen MR) is 82.1 cm³/mol. The molecule has 106 valence electrons. The minimum Gasteiger partial charge on any atom is -0.456 e. The lowest BCUT2D eigenvalue weighted by Crippen LogP contribution is -1.96. The monoisotopic (exact) mass is 336 g/mol. The van der Waals surface area contributed by atoms with E-state index < -0.39 is 6.10 Å². The maximum atomic E-state index is 9.55. The summed E-state index contributed by atoms with van der Waals surface area (Å²) in [6.07, 6.45) is 0.0431. The molecular formula is C16H17BrO3. The number of rotatable bonds is 5. The third kappa shape index (κ3) is 3.60. The number of ether oxygens (including phenoxy) is 1. The Morgan fingerprint density at radius 2 is 1.90 bits per heavy atom. The molecule has 2 aromatic carbocycles. The zero-order valence-electron chi connectivity index (χ0n) is 11.2. The van der Waals surface area contributed by atoms with Crippen LogP contribution in [0.15, 0.2) is 46.9 Å². The van der Waals surface area contributed by atoms with Crippen LogP contribution in [0.4, 0.5) is 0 Å². The first-order valence-electron chi connectivity index (χ1n) is 6.46. The summed E-state index contributed by atoms with van der Waals surface area (Å²) in [5.41, 5.74) is 1.79. The van der Waals surface area contributed by atoms with Gasteiger partial charge in [-0.1, -0.05) is 24.3 Å². The Kier molecular flexibility index (Phi) is 5.17.